The number of benzene rings is 2. The Morgan fingerprint density at radius 2 is 1.65 bits per heavy atom. The first-order valence-electron chi connectivity index (χ1n) is 13.1. The molecule has 3 N–H and O–H groups in total. The maximum absolute atomic E-state index is 12.6. The fourth-order valence-corrected chi connectivity index (χ4v) is 4.91. The topological polar surface area (TPSA) is 120 Å². The van der Waals surface area contributed by atoms with Gasteiger partial charge < -0.3 is 20.4 Å². The fourth-order valence-electron chi connectivity index (χ4n) is 3.92. The Bertz CT molecular complexity index is 1470. The molecule has 3 aromatic rings. The van der Waals surface area contributed by atoms with E-state index in [0.29, 0.717) is 23.9 Å². The highest BCUT2D eigenvalue weighted by Gasteiger charge is 2.29. The molecule has 0 spiro atoms. The number of rotatable bonds is 8. The molecule has 40 heavy (non-hydrogen) atoms. The second-order valence-electron chi connectivity index (χ2n) is 10.9. The number of anilines is 5. The maximum atomic E-state index is 12.6. The van der Waals surface area contributed by atoms with E-state index in [0.717, 1.165) is 43.0 Å². The van der Waals surface area contributed by atoms with Crippen molar-refractivity contribution in [3.05, 3.63) is 64.8 Å². The van der Waals surface area contributed by atoms with Gasteiger partial charge in [0.15, 0.2) is 0 Å². The zero-order chi connectivity index (χ0) is 29.1. The number of hydrogen-bond donors (Lipinski definition) is 3. The molecule has 1 amide bonds. The molecule has 0 unspecified atom stereocenters. The SMILES string of the molecule is Cc1cnc(Nc2ccc(CC(=O)N3CCN(C)CC3)cc2)nc1Nc1ccc(Cl)c(NS(=O)(=O)C(C)(C)C)c1. The summed E-state index contributed by atoms with van der Waals surface area (Å²) in [6, 6.07) is 12.6. The number of hydrogen-bond acceptors (Lipinski definition) is 8. The zero-order valence-corrected chi connectivity index (χ0v) is 25.0. The molecule has 214 valence electrons. The first-order valence-corrected chi connectivity index (χ1v) is 14.9. The molecule has 0 bridgehead atoms. The van der Waals surface area contributed by atoms with E-state index < -0.39 is 14.8 Å². The number of nitrogens with zero attached hydrogens (tertiary/aromatic N) is 4. The van der Waals surface area contributed by atoms with Crippen LogP contribution in [0.4, 0.5) is 28.8 Å². The monoisotopic (exact) mass is 585 g/mol. The summed E-state index contributed by atoms with van der Waals surface area (Å²) in [6.45, 7) is 10.1. The molecule has 0 aliphatic carbocycles. The van der Waals surface area contributed by atoms with Crippen LogP contribution in [0.15, 0.2) is 48.7 Å². The van der Waals surface area contributed by atoms with Crippen molar-refractivity contribution in [3.63, 3.8) is 0 Å². The minimum atomic E-state index is -3.65. The van der Waals surface area contributed by atoms with E-state index in [1.807, 2.05) is 36.1 Å². The van der Waals surface area contributed by atoms with Crippen molar-refractivity contribution >= 4 is 56.4 Å². The van der Waals surface area contributed by atoms with Gasteiger partial charge in [0.05, 0.1) is 21.9 Å². The standard InChI is InChI=1S/C28H36ClN7O3S/c1-19-18-30-27(32-21-8-6-20(7-9-21)16-25(37)36-14-12-35(5)13-15-36)33-26(19)31-22-10-11-23(29)24(17-22)34-40(38,39)28(2,3)4/h6-11,17-18,34H,12-16H2,1-5H3,(H2,30,31,32,33). The number of amides is 1. The van der Waals surface area contributed by atoms with E-state index in [1.54, 1.807) is 45.2 Å². The summed E-state index contributed by atoms with van der Waals surface area (Å²) in [5.74, 6) is 1.08. The lowest BCUT2D eigenvalue weighted by Crippen LogP contribution is -2.47. The summed E-state index contributed by atoms with van der Waals surface area (Å²) < 4.78 is 26.8. The van der Waals surface area contributed by atoms with Crippen LogP contribution in [0.5, 0.6) is 0 Å². The van der Waals surface area contributed by atoms with Crippen LogP contribution in [0.2, 0.25) is 5.02 Å². The molecule has 2 aromatic carbocycles. The maximum Gasteiger partial charge on any atom is 0.237 e. The van der Waals surface area contributed by atoms with Gasteiger partial charge >= 0.3 is 0 Å². The van der Waals surface area contributed by atoms with Gasteiger partial charge in [-0.1, -0.05) is 23.7 Å². The summed E-state index contributed by atoms with van der Waals surface area (Å²) in [5, 5.41) is 6.71. The van der Waals surface area contributed by atoms with Crippen molar-refractivity contribution in [2.75, 3.05) is 48.6 Å². The molecular weight excluding hydrogens is 550 g/mol. The van der Waals surface area contributed by atoms with Crippen molar-refractivity contribution in [2.45, 2.75) is 38.9 Å². The van der Waals surface area contributed by atoms with Crippen LogP contribution < -0.4 is 15.4 Å². The molecule has 0 saturated carbocycles. The lowest BCUT2D eigenvalue weighted by Gasteiger charge is -2.32. The number of aromatic nitrogens is 2. The van der Waals surface area contributed by atoms with E-state index in [-0.39, 0.29) is 16.6 Å². The molecule has 1 aromatic heterocycles. The van der Waals surface area contributed by atoms with E-state index in [4.69, 9.17) is 11.6 Å². The van der Waals surface area contributed by atoms with Gasteiger partial charge in [0.2, 0.25) is 21.9 Å². The number of sulfonamides is 1. The number of aryl methyl sites for hydroxylation is 1. The molecule has 0 radical (unpaired) electrons. The molecule has 0 atom stereocenters. The summed E-state index contributed by atoms with van der Waals surface area (Å²) in [7, 11) is -1.58. The second kappa shape index (κ2) is 12.0. The molecule has 1 fully saturated rings. The lowest BCUT2D eigenvalue weighted by molar-refractivity contribution is -0.132. The van der Waals surface area contributed by atoms with Gasteiger partial charge in [-0.05, 0) is 70.6 Å². The molecule has 1 aliphatic heterocycles. The van der Waals surface area contributed by atoms with E-state index in [2.05, 4.69) is 37.3 Å². The van der Waals surface area contributed by atoms with Crippen LogP contribution in [0.1, 0.15) is 31.9 Å². The highest BCUT2D eigenvalue weighted by Crippen LogP contribution is 2.31. The summed E-state index contributed by atoms with van der Waals surface area (Å²) >= 11 is 6.27. The average molecular weight is 586 g/mol. The number of piperazine rings is 1. The van der Waals surface area contributed by atoms with Crippen LogP contribution >= 0.6 is 11.6 Å². The van der Waals surface area contributed by atoms with Crippen LogP contribution in [0.25, 0.3) is 0 Å². The van der Waals surface area contributed by atoms with Gasteiger partial charge in [-0.25, -0.2) is 13.4 Å². The number of halogens is 1. The minimum absolute atomic E-state index is 0.142. The Labute approximate surface area is 241 Å². The summed E-state index contributed by atoms with van der Waals surface area (Å²) in [6.07, 6.45) is 2.06. The predicted molar refractivity (Wildman–Crippen MR) is 161 cm³/mol. The third-order valence-electron chi connectivity index (χ3n) is 6.67. The van der Waals surface area contributed by atoms with Gasteiger partial charge in [0.25, 0.3) is 0 Å². The third kappa shape index (κ3) is 7.41. The average Bonchev–Trinajstić information content (AvgIpc) is 2.88. The quantitative estimate of drug-likeness (QED) is 0.345. The highest BCUT2D eigenvalue weighted by atomic mass is 35.5. The Hall–Kier alpha value is -3.41. The van der Waals surface area contributed by atoms with Gasteiger partial charge in [-0.15, -0.1) is 0 Å². The van der Waals surface area contributed by atoms with Crippen LogP contribution in [-0.4, -0.2) is 72.1 Å². The fraction of sp³-hybridized carbons (Fsp3) is 0.393. The Morgan fingerprint density at radius 1 is 1.00 bits per heavy atom. The Kier molecular flexibility index (Phi) is 8.86. The molecule has 10 nitrogen and oxygen atoms in total. The third-order valence-corrected chi connectivity index (χ3v) is 9.10. The van der Waals surface area contributed by atoms with Crippen LogP contribution in [0.3, 0.4) is 0 Å². The van der Waals surface area contributed by atoms with Crippen LogP contribution in [-0.2, 0) is 21.2 Å². The molecule has 1 aliphatic rings. The Morgan fingerprint density at radius 3 is 2.30 bits per heavy atom. The Balaban J connectivity index is 1.42. The minimum Gasteiger partial charge on any atom is -0.340 e. The van der Waals surface area contributed by atoms with Crippen molar-refractivity contribution in [1.29, 1.82) is 0 Å². The van der Waals surface area contributed by atoms with Gasteiger partial charge in [-0.2, -0.15) is 4.98 Å². The van der Waals surface area contributed by atoms with Crippen LogP contribution in [0, 0.1) is 6.92 Å². The van der Waals surface area contributed by atoms with E-state index in [9.17, 15) is 13.2 Å². The summed E-state index contributed by atoms with van der Waals surface area (Å²) in [4.78, 5) is 25.8. The van der Waals surface area contributed by atoms with Crippen molar-refractivity contribution < 1.29 is 13.2 Å². The molecular formula is C28H36ClN7O3S. The van der Waals surface area contributed by atoms with Gasteiger partial charge in [-0.3, -0.25) is 9.52 Å². The zero-order valence-electron chi connectivity index (χ0n) is 23.5. The van der Waals surface area contributed by atoms with E-state index in [1.165, 1.54) is 0 Å². The number of likely N-dealkylation sites (N-methyl/N-ethyl adjacent to an activating group) is 1. The van der Waals surface area contributed by atoms with Gasteiger partial charge in [0, 0.05) is 49.3 Å². The normalized spacial score (nSPS) is 14.6. The second-order valence-corrected chi connectivity index (χ2v) is 13.8. The number of nitrogens with one attached hydrogen (secondary N) is 3. The first kappa shape index (κ1) is 29.6. The van der Waals surface area contributed by atoms with Crippen molar-refractivity contribution in [2.24, 2.45) is 0 Å². The molecule has 4 rings (SSSR count). The number of carbonyl (C=O) groups excluding carboxylic acids is 1. The smallest absolute Gasteiger partial charge is 0.237 e. The highest BCUT2D eigenvalue weighted by molar-refractivity contribution is 7.94. The lowest BCUT2D eigenvalue weighted by atomic mass is 10.1. The van der Waals surface area contributed by atoms with Crippen molar-refractivity contribution in [1.82, 2.24) is 19.8 Å². The summed E-state index contributed by atoms with van der Waals surface area (Å²) in [5.41, 5.74) is 3.42. The van der Waals surface area contributed by atoms with E-state index >= 15 is 0 Å². The largest absolute Gasteiger partial charge is 0.340 e. The molecule has 12 heteroatoms. The molecule has 2 heterocycles. The first-order chi connectivity index (χ1) is 18.8. The van der Waals surface area contributed by atoms with Crippen molar-refractivity contribution in [3.8, 4) is 0 Å². The predicted octanol–water partition coefficient (Wildman–Crippen LogP) is 4.78. The van der Waals surface area contributed by atoms with Gasteiger partial charge in [0.1, 0.15) is 5.82 Å². The number of carbonyl (C=O) groups is 1. The molecule has 1 saturated heterocycles.